The fraction of sp³-hybridized carbons (Fsp3) is 0.817. The minimum atomic E-state index is -0.782. The van der Waals surface area contributed by atoms with Gasteiger partial charge in [0.05, 0.1) is 0 Å². The zero-order valence-corrected chi connectivity index (χ0v) is 51.5. The van der Waals surface area contributed by atoms with E-state index in [1.807, 2.05) is 0 Å². The predicted molar refractivity (Wildman–Crippen MR) is 335 cm³/mol. The minimum Gasteiger partial charge on any atom is -0.462 e. The van der Waals surface area contributed by atoms with E-state index < -0.39 is 6.10 Å². The van der Waals surface area contributed by atoms with E-state index in [9.17, 15) is 14.4 Å². The van der Waals surface area contributed by atoms with Crippen LogP contribution < -0.4 is 0 Å². The molecule has 1 atom stereocenters. The number of rotatable bonds is 62. The first-order valence-corrected chi connectivity index (χ1v) is 33.8. The molecule has 0 aromatic carbocycles. The molecule has 6 nitrogen and oxygen atoms in total. The van der Waals surface area contributed by atoms with Gasteiger partial charge in [-0.1, -0.05) is 306 Å². The summed E-state index contributed by atoms with van der Waals surface area (Å²) < 4.78 is 17.0. The number of hydrogen-bond acceptors (Lipinski definition) is 6. The molecule has 0 fully saturated rings. The van der Waals surface area contributed by atoms with Crippen LogP contribution in [-0.2, 0) is 28.6 Å². The van der Waals surface area contributed by atoms with E-state index in [0.29, 0.717) is 19.3 Å². The van der Waals surface area contributed by atoms with Crippen LogP contribution in [0, 0.1) is 0 Å². The standard InChI is InChI=1S/C71H128O6/c1-4-7-10-13-16-19-22-25-28-30-32-34-35-37-38-40-43-46-49-52-55-58-61-64-70(73)76-67-68(66-75-69(72)63-60-57-54-51-48-45-42-27-24-21-18-15-12-9-6-3)77-71(74)65-62-59-56-53-50-47-44-41-39-36-33-31-29-26-23-20-17-14-11-8-5-2/h22-23,25-26,30-33,39,41,68H,4-21,24,27-29,34-38,40,42-67H2,1-3H3/b25-22-,26-23-,32-30-,33-31-,41-39-. The van der Waals surface area contributed by atoms with Gasteiger partial charge in [-0.3, -0.25) is 14.4 Å². The summed E-state index contributed by atoms with van der Waals surface area (Å²) in [6.07, 6.45) is 83.7. The zero-order valence-electron chi connectivity index (χ0n) is 51.5. The van der Waals surface area contributed by atoms with Crippen LogP contribution in [-0.4, -0.2) is 37.2 Å². The van der Waals surface area contributed by atoms with Crippen molar-refractivity contribution in [1.29, 1.82) is 0 Å². The monoisotopic (exact) mass is 1080 g/mol. The summed E-state index contributed by atoms with van der Waals surface area (Å²) in [5.41, 5.74) is 0. The van der Waals surface area contributed by atoms with Gasteiger partial charge in [0.1, 0.15) is 13.2 Å². The highest BCUT2D eigenvalue weighted by molar-refractivity contribution is 5.71. The summed E-state index contributed by atoms with van der Waals surface area (Å²) in [7, 11) is 0. The van der Waals surface area contributed by atoms with Gasteiger partial charge >= 0.3 is 17.9 Å². The van der Waals surface area contributed by atoms with Crippen molar-refractivity contribution in [2.24, 2.45) is 0 Å². The van der Waals surface area contributed by atoms with Crippen molar-refractivity contribution in [3.63, 3.8) is 0 Å². The van der Waals surface area contributed by atoms with E-state index in [4.69, 9.17) is 14.2 Å². The number of hydrogen-bond donors (Lipinski definition) is 0. The van der Waals surface area contributed by atoms with E-state index in [1.54, 1.807) is 0 Å². The first-order valence-electron chi connectivity index (χ1n) is 33.8. The molecule has 0 amide bonds. The van der Waals surface area contributed by atoms with Gasteiger partial charge in [-0.05, 0) is 89.9 Å². The van der Waals surface area contributed by atoms with E-state index in [2.05, 4.69) is 81.5 Å². The Balaban J connectivity index is 4.35. The Labute approximate surface area is 479 Å². The van der Waals surface area contributed by atoms with Gasteiger partial charge in [0, 0.05) is 19.3 Å². The van der Waals surface area contributed by atoms with Crippen LogP contribution in [0.2, 0.25) is 0 Å². The van der Waals surface area contributed by atoms with Crippen LogP contribution in [0.4, 0.5) is 0 Å². The van der Waals surface area contributed by atoms with Crippen molar-refractivity contribution in [3.8, 4) is 0 Å². The Morgan fingerprint density at radius 3 is 0.727 bits per heavy atom. The quantitative estimate of drug-likeness (QED) is 0.0261. The lowest BCUT2D eigenvalue weighted by Crippen LogP contribution is -2.30. The van der Waals surface area contributed by atoms with Gasteiger partial charge in [0.15, 0.2) is 6.10 Å². The smallest absolute Gasteiger partial charge is 0.306 e. The Bertz CT molecular complexity index is 1380. The molecular formula is C71H128O6. The largest absolute Gasteiger partial charge is 0.462 e. The summed E-state index contributed by atoms with van der Waals surface area (Å²) in [5, 5.41) is 0. The molecule has 0 aliphatic rings. The van der Waals surface area contributed by atoms with Crippen molar-refractivity contribution in [1.82, 2.24) is 0 Å². The number of ether oxygens (including phenoxy) is 3. The van der Waals surface area contributed by atoms with Crippen LogP contribution in [0.1, 0.15) is 355 Å². The van der Waals surface area contributed by atoms with Gasteiger partial charge in [-0.15, -0.1) is 0 Å². The Morgan fingerprint density at radius 1 is 0.260 bits per heavy atom. The second kappa shape index (κ2) is 65.6. The fourth-order valence-corrected chi connectivity index (χ4v) is 9.89. The molecule has 0 rings (SSSR count). The second-order valence-electron chi connectivity index (χ2n) is 22.7. The topological polar surface area (TPSA) is 78.9 Å². The van der Waals surface area contributed by atoms with E-state index in [1.165, 1.54) is 231 Å². The van der Waals surface area contributed by atoms with Crippen LogP contribution in [0.3, 0.4) is 0 Å². The number of esters is 3. The SMILES string of the molecule is CCCCCCC/C=C\C/C=C\C/C=C\CCCCCCCCC(=O)OC(COC(=O)CCCCCCCCCCCCC/C=C\C/C=C\CCCCCCC)COC(=O)CCCCCCCCCCCCCCCCC. The van der Waals surface area contributed by atoms with Gasteiger partial charge in [0.2, 0.25) is 0 Å². The summed E-state index contributed by atoms with van der Waals surface area (Å²) in [4.78, 5) is 38.4. The van der Waals surface area contributed by atoms with Crippen LogP contribution >= 0.6 is 0 Å². The first-order chi connectivity index (χ1) is 38.0. The van der Waals surface area contributed by atoms with Gasteiger partial charge in [-0.2, -0.15) is 0 Å². The van der Waals surface area contributed by atoms with Gasteiger partial charge < -0.3 is 14.2 Å². The van der Waals surface area contributed by atoms with Crippen LogP contribution in [0.25, 0.3) is 0 Å². The molecular weight excluding hydrogens is 949 g/mol. The lowest BCUT2D eigenvalue weighted by Gasteiger charge is -2.18. The molecule has 1 unspecified atom stereocenters. The Hall–Kier alpha value is -2.89. The summed E-state index contributed by atoms with van der Waals surface area (Å²) in [6.45, 7) is 6.66. The zero-order chi connectivity index (χ0) is 55.7. The maximum absolute atomic E-state index is 12.9. The molecule has 0 spiro atoms. The average Bonchev–Trinajstić information content (AvgIpc) is 3.43. The number of carbonyl (C=O) groups excluding carboxylic acids is 3. The highest BCUT2D eigenvalue weighted by Gasteiger charge is 2.19. The van der Waals surface area contributed by atoms with E-state index >= 15 is 0 Å². The summed E-state index contributed by atoms with van der Waals surface area (Å²) >= 11 is 0. The second-order valence-corrected chi connectivity index (χ2v) is 22.7. The number of carbonyl (C=O) groups is 3. The molecule has 0 saturated carbocycles. The van der Waals surface area contributed by atoms with E-state index in [-0.39, 0.29) is 31.1 Å². The average molecular weight is 1080 g/mol. The molecule has 0 radical (unpaired) electrons. The van der Waals surface area contributed by atoms with Crippen LogP contribution in [0.5, 0.6) is 0 Å². The lowest BCUT2D eigenvalue weighted by molar-refractivity contribution is -0.167. The normalized spacial score (nSPS) is 12.4. The molecule has 0 N–H and O–H groups in total. The molecule has 0 saturated heterocycles. The molecule has 0 aliphatic heterocycles. The van der Waals surface area contributed by atoms with Crippen molar-refractivity contribution in [2.45, 2.75) is 361 Å². The highest BCUT2D eigenvalue weighted by atomic mass is 16.6. The third kappa shape index (κ3) is 63.8. The fourth-order valence-electron chi connectivity index (χ4n) is 9.89. The van der Waals surface area contributed by atoms with Gasteiger partial charge in [-0.25, -0.2) is 0 Å². The third-order valence-electron chi connectivity index (χ3n) is 15.0. The van der Waals surface area contributed by atoms with Crippen molar-refractivity contribution >= 4 is 17.9 Å². The molecule has 6 heteroatoms. The maximum Gasteiger partial charge on any atom is 0.306 e. The molecule has 0 bridgehead atoms. The molecule has 0 aliphatic carbocycles. The maximum atomic E-state index is 12.9. The molecule has 0 aromatic rings. The van der Waals surface area contributed by atoms with Crippen molar-refractivity contribution in [2.75, 3.05) is 13.2 Å². The highest BCUT2D eigenvalue weighted by Crippen LogP contribution is 2.17. The first kappa shape index (κ1) is 74.1. The minimum absolute atomic E-state index is 0.0766. The summed E-state index contributed by atoms with van der Waals surface area (Å²) in [5.74, 6) is -0.870. The molecule has 77 heavy (non-hydrogen) atoms. The Morgan fingerprint density at radius 2 is 0.468 bits per heavy atom. The molecule has 448 valence electrons. The molecule has 0 heterocycles. The number of unbranched alkanes of at least 4 members (excludes halogenated alkanes) is 41. The number of allylic oxidation sites excluding steroid dienone is 10. The van der Waals surface area contributed by atoms with Gasteiger partial charge in [0.25, 0.3) is 0 Å². The third-order valence-corrected chi connectivity index (χ3v) is 15.0. The van der Waals surface area contributed by atoms with E-state index in [0.717, 1.165) is 83.5 Å². The van der Waals surface area contributed by atoms with Crippen LogP contribution in [0.15, 0.2) is 60.8 Å². The Kier molecular flexibility index (Phi) is 63.2. The molecule has 0 aromatic heterocycles. The predicted octanol–water partition coefficient (Wildman–Crippen LogP) is 23.1. The summed E-state index contributed by atoms with van der Waals surface area (Å²) in [6, 6.07) is 0. The van der Waals surface area contributed by atoms with Crippen molar-refractivity contribution < 1.29 is 28.6 Å². The lowest BCUT2D eigenvalue weighted by atomic mass is 10.0. The van der Waals surface area contributed by atoms with Crippen molar-refractivity contribution in [3.05, 3.63) is 60.8 Å².